The van der Waals surface area contributed by atoms with Crippen LogP contribution in [0, 0.1) is 25.5 Å². The van der Waals surface area contributed by atoms with E-state index in [-0.39, 0.29) is 28.1 Å². The first-order valence-corrected chi connectivity index (χ1v) is 14.7. The number of hydrogen-bond donors (Lipinski definition) is 0. The van der Waals surface area contributed by atoms with Crippen LogP contribution in [0.25, 0.3) is 11.3 Å². The largest absolute Gasteiger partial charge is 0.277 e. The molecule has 1 fully saturated rings. The molecular formula is C29H29ClF3N5O2S. The Morgan fingerprint density at radius 3 is 2.51 bits per heavy atom. The van der Waals surface area contributed by atoms with Crippen molar-refractivity contribution in [2.45, 2.75) is 32.1 Å². The molecule has 0 radical (unpaired) electrons. The minimum absolute atomic E-state index is 0.0524. The van der Waals surface area contributed by atoms with E-state index in [2.05, 4.69) is 27.5 Å². The molecular weight excluding hydrogens is 575 g/mol. The second kappa shape index (κ2) is 11.4. The van der Waals surface area contributed by atoms with Crippen LogP contribution in [0.3, 0.4) is 0 Å². The van der Waals surface area contributed by atoms with Crippen molar-refractivity contribution < 1.29 is 17.4 Å². The van der Waals surface area contributed by atoms with E-state index in [0.29, 0.717) is 28.8 Å². The number of pyridine rings is 3. The van der Waals surface area contributed by atoms with Gasteiger partial charge in [0.2, 0.25) is 0 Å². The van der Waals surface area contributed by atoms with E-state index in [1.165, 1.54) is 36.9 Å². The highest BCUT2D eigenvalue weighted by atomic mass is 35.5. The highest BCUT2D eigenvalue weighted by molar-refractivity contribution is 7.90. The normalized spacial score (nSPS) is 18.5. The lowest BCUT2D eigenvalue weighted by Gasteiger charge is -2.18. The molecule has 3 aromatic heterocycles. The molecule has 3 heterocycles. The first-order valence-electron chi connectivity index (χ1n) is 12.5. The molecule has 4 rings (SSSR count). The van der Waals surface area contributed by atoms with Crippen LogP contribution in [0.1, 0.15) is 46.3 Å². The summed E-state index contributed by atoms with van der Waals surface area (Å²) in [5.74, 6) is -2.68. The minimum atomic E-state index is -2.98. The van der Waals surface area contributed by atoms with Crippen LogP contribution < -0.4 is 5.56 Å². The SMILES string of the molecule is C=C/C(=C(/F)C(=C)N=S(C)(=O)N(C)C)c1ncc(C)c(-n2c(C)cc([C@H]3C[C@@H]3c3cncc(F)c3)c(Cl)c2=O)c1F. The zero-order valence-corrected chi connectivity index (χ0v) is 24.8. The summed E-state index contributed by atoms with van der Waals surface area (Å²) in [4.78, 5) is 21.5. The molecule has 0 N–H and O–H groups in total. The molecule has 0 saturated heterocycles. The fourth-order valence-corrected chi connectivity index (χ4v) is 5.55. The number of nitrogens with zero attached hydrogens (tertiary/aromatic N) is 5. The van der Waals surface area contributed by atoms with Crippen molar-refractivity contribution in [3.05, 3.63) is 117 Å². The van der Waals surface area contributed by atoms with Crippen molar-refractivity contribution in [1.82, 2.24) is 18.8 Å². The molecule has 3 aromatic rings. The second-order valence-electron chi connectivity index (χ2n) is 10.1. The Hall–Kier alpha value is -3.54. The molecule has 1 saturated carbocycles. The summed E-state index contributed by atoms with van der Waals surface area (Å²) < 4.78 is 64.2. The lowest BCUT2D eigenvalue weighted by molar-refractivity contribution is 0.593. The van der Waals surface area contributed by atoms with Gasteiger partial charge in [0.25, 0.3) is 5.56 Å². The number of rotatable bonds is 8. The molecule has 0 spiro atoms. The molecule has 0 aliphatic heterocycles. The van der Waals surface area contributed by atoms with Crippen LogP contribution in [-0.4, -0.2) is 43.4 Å². The number of allylic oxidation sites excluding steroid dienone is 3. The predicted molar refractivity (Wildman–Crippen MR) is 156 cm³/mol. The number of hydrogen-bond acceptors (Lipinski definition) is 5. The van der Waals surface area contributed by atoms with Crippen molar-refractivity contribution in [3.63, 3.8) is 0 Å². The molecule has 1 aliphatic carbocycles. The monoisotopic (exact) mass is 603 g/mol. The molecule has 41 heavy (non-hydrogen) atoms. The van der Waals surface area contributed by atoms with Gasteiger partial charge in [-0.15, -0.1) is 0 Å². The lowest BCUT2D eigenvalue weighted by atomic mass is 10.0. The van der Waals surface area contributed by atoms with Crippen molar-refractivity contribution in [2.75, 3.05) is 20.4 Å². The number of aryl methyl sites for hydroxylation is 2. The minimum Gasteiger partial charge on any atom is -0.277 e. The first kappa shape index (κ1) is 30.4. The van der Waals surface area contributed by atoms with Crippen LogP contribution in [0.4, 0.5) is 13.2 Å². The molecule has 216 valence electrons. The second-order valence-corrected chi connectivity index (χ2v) is 12.9. The van der Waals surface area contributed by atoms with Crippen molar-refractivity contribution in [2.24, 2.45) is 4.36 Å². The Morgan fingerprint density at radius 2 is 1.90 bits per heavy atom. The van der Waals surface area contributed by atoms with Gasteiger partial charge >= 0.3 is 0 Å². The van der Waals surface area contributed by atoms with Gasteiger partial charge in [0.1, 0.15) is 32.1 Å². The van der Waals surface area contributed by atoms with Gasteiger partial charge in [0.15, 0.2) is 11.6 Å². The Bertz CT molecular complexity index is 1810. The van der Waals surface area contributed by atoms with Gasteiger partial charge in [0, 0.05) is 44.0 Å². The summed E-state index contributed by atoms with van der Waals surface area (Å²) in [6.07, 6.45) is 7.01. The summed E-state index contributed by atoms with van der Waals surface area (Å²) in [6.45, 7) is 10.3. The fourth-order valence-electron chi connectivity index (χ4n) is 4.62. The van der Waals surface area contributed by atoms with E-state index in [9.17, 15) is 13.4 Å². The van der Waals surface area contributed by atoms with Gasteiger partial charge < -0.3 is 0 Å². The highest BCUT2D eigenvalue weighted by Crippen LogP contribution is 2.55. The molecule has 1 aliphatic rings. The smallest absolute Gasteiger partial charge is 0.274 e. The maximum atomic E-state index is 16.1. The maximum absolute atomic E-state index is 16.1. The van der Waals surface area contributed by atoms with Gasteiger partial charge in [-0.05, 0) is 60.9 Å². The molecule has 0 amide bonds. The Kier molecular flexibility index (Phi) is 8.45. The predicted octanol–water partition coefficient (Wildman–Crippen LogP) is 6.40. The van der Waals surface area contributed by atoms with Gasteiger partial charge in [0.05, 0.1) is 11.9 Å². The van der Waals surface area contributed by atoms with E-state index < -0.39 is 44.3 Å². The summed E-state index contributed by atoms with van der Waals surface area (Å²) in [5, 5.41) is -0.0936. The van der Waals surface area contributed by atoms with Crippen molar-refractivity contribution in [1.29, 1.82) is 0 Å². The molecule has 7 nitrogen and oxygen atoms in total. The van der Waals surface area contributed by atoms with Gasteiger partial charge in [-0.3, -0.25) is 19.3 Å². The van der Waals surface area contributed by atoms with Crippen molar-refractivity contribution in [3.8, 4) is 5.69 Å². The molecule has 0 bridgehead atoms. The zero-order chi connectivity index (χ0) is 30.4. The lowest BCUT2D eigenvalue weighted by Crippen LogP contribution is -2.25. The van der Waals surface area contributed by atoms with Crippen LogP contribution in [0.5, 0.6) is 0 Å². The van der Waals surface area contributed by atoms with Crippen molar-refractivity contribution >= 4 is 27.1 Å². The highest BCUT2D eigenvalue weighted by Gasteiger charge is 2.42. The van der Waals surface area contributed by atoms with Gasteiger partial charge in [-0.1, -0.05) is 30.8 Å². The van der Waals surface area contributed by atoms with Crippen LogP contribution in [-0.2, 0) is 9.92 Å². The van der Waals surface area contributed by atoms with Crippen LogP contribution >= 0.6 is 11.6 Å². The van der Waals surface area contributed by atoms with E-state index in [0.717, 1.165) is 16.8 Å². The number of aromatic nitrogens is 3. The van der Waals surface area contributed by atoms with E-state index in [1.807, 2.05) is 0 Å². The van der Waals surface area contributed by atoms with Crippen LogP contribution in [0.15, 0.2) is 70.6 Å². The Morgan fingerprint density at radius 1 is 1.22 bits per heavy atom. The molecule has 0 aromatic carbocycles. The Labute approximate surface area is 242 Å². The zero-order valence-electron chi connectivity index (χ0n) is 23.2. The summed E-state index contributed by atoms with van der Waals surface area (Å²) in [6, 6.07) is 3.10. The first-order chi connectivity index (χ1) is 19.2. The summed E-state index contributed by atoms with van der Waals surface area (Å²) in [5.41, 5.74) is -0.135. The van der Waals surface area contributed by atoms with Crippen LogP contribution in [0.2, 0.25) is 5.02 Å². The van der Waals surface area contributed by atoms with Gasteiger partial charge in [-0.25, -0.2) is 21.7 Å². The van der Waals surface area contributed by atoms with Gasteiger partial charge in [-0.2, -0.15) is 4.36 Å². The van der Waals surface area contributed by atoms with E-state index >= 15 is 8.78 Å². The maximum Gasteiger partial charge on any atom is 0.274 e. The number of halogens is 4. The third-order valence-electron chi connectivity index (χ3n) is 7.01. The fraction of sp³-hybridized carbons (Fsp3) is 0.276. The average Bonchev–Trinajstić information content (AvgIpc) is 3.70. The summed E-state index contributed by atoms with van der Waals surface area (Å²) >= 11 is 6.55. The third-order valence-corrected chi connectivity index (χ3v) is 9.31. The standard InChI is InChI=1S/C29H29ClF3N5O2S/c1-8-20(25(32)17(4)36-41(7,40)37(5)6)27-26(33)28(15(2)12-35-27)38-16(3)9-23(24(30)29(38)39)22-11-21(22)18-10-19(31)14-34-13-18/h8-10,12-14,21-22H,1,4,11H2,2-3,5-7H3/b25-20-/t21-,22+,41?/m1/s1. The third kappa shape index (κ3) is 5.79. The molecule has 3 atom stereocenters. The average molecular weight is 604 g/mol. The quantitative estimate of drug-likeness (QED) is 0.279. The van der Waals surface area contributed by atoms with E-state index in [1.54, 1.807) is 26.1 Å². The molecule has 12 heteroatoms. The summed E-state index contributed by atoms with van der Waals surface area (Å²) in [7, 11) is 0.0537. The molecule has 1 unspecified atom stereocenters. The van der Waals surface area contributed by atoms with E-state index in [4.69, 9.17) is 11.6 Å². The topological polar surface area (TPSA) is 80.5 Å². The Balaban J connectivity index is 1.82.